The van der Waals surface area contributed by atoms with E-state index in [2.05, 4.69) is 15.6 Å². The molecule has 7 nitrogen and oxygen atoms in total. The van der Waals surface area contributed by atoms with Crippen molar-refractivity contribution in [3.8, 4) is 5.69 Å². The maximum absolute atomic E-state index is 12.0. The van der Waals surface area contributed by atoms with Crippen LogP contribution in [0.5, 0.6) is 0 Å². The van der Waals surface area contributed by atoms with Gasteiger partial charge in [-0.15, -0.1) is 5.10 Å². The lowest BCUT2D eigenvalue weighted by atomic mass is 9.94. The van der Waals surface area contributed by atoms with Gasteiger partial charge in [0.25, 0.3) is 5.91 Å². The zero-order valence-corrected chi connectivity index (χ0v) is 12.7. The summed E-state index contributed by atoms with van der Waals surface area (Å²) in [5, 5.41) is 19.3. The molecule has 0 aliphatic rings. The molecular formula is C15H18N4O3. The van der Waals surface area contributed by atoms with E-state index in [-0.39, 0.29) is 12.2 Å². The maximum atomic E-state index is 12.0. The van der Waals surface area contributed by atoms with E-state index in [1.165, 1.54) is 10.9 Å². The molecule has 0 aliphatic carbocycles. The summed E-state index contributed by atoms with van der Waals surface area (Å²) >= 11 is 0. The molecule has 1 aromatic heterocycles. The highest BCUT2D eigenvalue weighted by molar-refractivity contribution is 5.92. The molecule has 1 aromatic carbocycles. The molecule has 116 valence electrons. The minimum absolute atomic E-state index is 0.0125. The van der Waals surface area contributed by atoms with E-state index in [9.17, 15) is 9.59 Å². The van der Waals surface area contributed by atoms with E-state index in [1.807, 2.05) is 31.2 Å². The van der Waals surface area contributed by atoms with Gasteiger partial charge < -0.3 is 10.4 Å². The molecule has 2 rings (SSSR count). The van der Waals surface area contributed by atoms with Crippen LogP contribution in [-0.4, -0.2) is 38.5 Å². The number of carboxylic acids is 1. The third kappa shape index (κ3) is 3.49. The summed E-state index contributed by atoms with van der Waals surface area (Å²) in [4.78, 5) is 23.0. The molecule has 7 heteroatoms. The largest absolute Gasteiger partial charge is 0.481 e. The van der Waals surface area contributed by atoms with Crippen LogP contribution in [0.4, 0.5) is 0 Å². The Kier molecular flexibility index (Phi) is 4.25. The first kappa shape index (κ1) is 15.7. The fraction of sp³-hybridized carbons (Fsp3) is 0.333. The van der Waals surface area contributed by atoms with Crippen LogP contribution < -0.4 is 5.32 Å². The molecule has 1 heterocycles. The lowest BCUT2D eigenvalue weighted by molar-refractivity contribution is -0.146. The fourth-order valence-electron chi connectivity index (χ4n) is 1.66. The molecule has 0 aliphatic heterocycles. The van der Waals surface area contributed by atoms with E-state index in [4.69, 9.17) is 5.11 Å². The molecule has 0 spiro atoms. The molecule has 0 saturated heterocycles. The van der Waals surface area contributed by atoms with E-state index in [0.29, 0.717) is 0 Å². The molecule has 0 bridgehead atoms. The van der Waals surface area contributed by atoms with Crippen molar-refractivity contribution in [1.29, 1.82) is 0 Å². The van der Waals surface area contributed by atoms with Gasteiger partial charge in [0, 0.05) is 6.54 Å². The number of nitrogens with one attached hydrogen (secondary N) is 1. The Morgan fingerprint density at radius 1 is 1.27 bits per heavy atom. The van der Waals surface area contributed by atoms with Crippen LogP contribution >= 0.6 is 0 Å². The summed E-state index contributed by atoms with van der Waals surface area (Å²) in [6.45, 7) is 5.07. The van der Waals surface area contributed by atoms with Gasteiger partial charge in [-0.05, 0) is 32.9 Å². The molecule has 0 atom stereocenters. The topological polar surface area (TPSA) is 97.1 Å². The average molecular weight is 302 g/mol. The van der Waals surface area contributed by atoms with Crippen molar-refractivity contribution < 1.29 is 14.7 Å². The lowest BCUT2D eigenvalue weighted by Crippen LogP contribution is -2.39. The smallest absolute Gasteiger partial charge is 0.310 e. The number of aryl methyl sites for hydroxylation is 1. The minimum atomic E-state index is -1.04. The minimum Gasteiger partial charge on any atom is -0.481 e. The van der Waals surface area contributed by atoms with E-state index in [0.717, 1.165) is 11.3 Å². The van der Waals surface area contributed by atoms with Crippen LogP contribution in [0.1, 0.15) is 29.9 Å². The molecule has 2 N–H and O–H groups in total. The van der Waals surface area contributed by atoms with Crippen molar-refractivity contribution in [2.75, 3.05) is 6.54 Å². The van der Waals surface area contributed by atoms with Gasteiger partial charge in [0.2, 0.25) is 0 Å². The second kappa shape index (κ2) is 5.97. The van der Waals surface area contributed by atoms with Gasteiger partial charge in [-0.1, -0.05) is 22.9 Å². The first-order valence-corrected chi connectivity index (χ1v) is 6.80. The molecule has 2 aromatic rings. The number of rotatable bonds is 5. The fourth-order valence-corrected chi connectivity index (χ4v) is 1.66. The number of hydrogen-bond acceptors (Lipinski definition) is 4. The Morgan fingerprint density at radius 2 is 1.91 bits per heavy atom. The number of aliphatic carboxylic acids is 1. The predicted molar refractivity (Wildman–Crippen MR) is 79.8 cm³/mol. The van der Waals surface area contributed by atoms with Crippen LogP contribution in [0.15, 0.2) is 30.5 Å². The molecule has 0 saturated carbocycles. The summed E-state index contributed by atoms with van der Waals surface area (Å²) < 4.78 is 1.50. The first-order valence-electron chi connectivity index (χ1n) is 6.80. The van der Waals surface area contributed by atoms with Crippen molar-refractivity contribution >= 4 is 11.9 Å². The van der Waals surface area contributed by atoms with Crippen LogP contribution in [0.3, 0.4) is 0 Å². The van der Waals surface area contributed by atoms with Gasteiger partial charge in [0.15, 0.2) is 5.69 Å². The summed E-state index contributed by atoms with van der Waals surface area (Å²) in [6, 6.07) is 7.62. The molecule has 22 heavy (non-hydrogen) atoms. The van der Waals surface area contributed by atoms with E-state index in [1.54, 1.807) is 13.8 Å². The Morgan fingerprint density at radius 3 is 2.50 bits per heavy atom. The SMILES string of the molecule is Cc1ccc(-n2cc(C(=O)NCC(C)(C)C(=O)O)nn2)cc1. The quantitative estimate of drug-likeness (QED) is 0.870. The second-order valence-corrected chi connectivity index (χ2v) is 5.76. The molecule has 1 amide bonds. The monoisotopic (exact) mass is 302 g/mol. The van der Waals surface area contributed by atoms with Crippen molar-refractivity contribution in [1.82, 2.24) is 20.3 Å². The van der Waals surface area contributed by atoms with Gasteiger partial charge in [0.1, 0.15) is 0 Å². The van der Waals surface area contributed by atoms with Crippen LogP contribution in [0.2, 0.25) is 0 Å². The predicted octanol–water partition coefficient (Wildman–Crippen LogP) is 1.42. The van der Waals surface area contributed by atoms with Gasteiger partial charge in [0.05, 0.1) is 17.3 Å². The second-order valence-electron chi connectivity index (χ2n) is 5.76. The highest BCUT2D eigenvalue weighted by Gasteiger charge is 2.28. The van der Waals surface area contributed by atoms with Gasteiger partial charge in [-0.2, -0.15) is 0 Å². The van der Waals surface area contributed by atoms with Crippen molar-refractivity contribution in [2.24, 2.45) is 5.41 Å². The number of carbonyl (C=O) groups excluding carboxylic acids is 1. The number of carbonyl (C=O) groups is 2. The van der Waals surface area contributed by atoms with Crippen molar-refractivity contribution in [3.05, 3.63) is 41.7 Å². The van der Waals surface area contributed by atoms with Crippen molar-refractivity contribution in [2.45, 2.75) is 20.8 Å². The number of nitrogens with zero attached hydrogens (tertiary/aromatic N) is 3. The average Bonchev–Trinajstić information content (AvgIpc) is 2.95. The summed E-state index contributed by atoms with van der Waals surface area (Å²) in [5.74, 6) is -1.43. The van der Waals surface area contributed by atoms with Crippen LogP contribution in [0.25, 0.3) is 5.69 Å². The van der Waals surface area contributed by atoms with Crippen LogP contribution in [0, 0.1) is 12.3 Å². The summed E-state index contributed by atoms with van der Waals surface area (Å²) in [7, 11) is 0. The standard InChI is InChI=1S/C15H18N4O3/c1-10-4-6-11(7-5-10)19-8-12(17-18-19)13(20)16-9-15(2,3)14(21)22/h4-8H,9H2,1-3H3,(H,16,20)(H,21,22). The molecule has 0 unspecified atom stereocenters. The highest BCUT2D eigenvalue weighted by atomic mass is 16.4. The van der Waals surface area contributed by atoms with E-state index < -0.39 is 17.3 Å². The normalized spacial score (nSPS) is 11.2. The Labute approximate surface area is 128 Å². The highest BCUT2D eigenvalue weighted by Crippen LogP contribution is 2.13. The number of carboxylic acid groups (broad SMARTS) is 1. The van der Waals surface area contributed by atoms with Gasteiger partial charge in [-0.25, -0.2) is 4.68 Å². The number of amides is 1. The number of hydrogen-bond donors (Lipinski definition) is 2. The Hall–Kier alpha value is -2.70. The number of benzene rings is 1. The zero-order chi connectivity index (χ0) is 16.3. The molecule has 0 radical (unpaired) electrons. The Bertz CT molecular complexity index is 689. The summed E-state index contributed by atoms with van der Waals surface area (Å²) in [5.41, 5.74) is 1.02. The zero-order valence-electron chi connectivity index (χ0n) is 12.7. The molecule has 0 fully saturated rings. The third-order valence-corrected chi connectivity index (χ3v) is 3.29. The van der Waals surface area contributed by atoms with Gasteiger partial charge in [-0.3, -0.25) is 9.59 Å². The van der Waals surface area contributed by atoms with Crippen molar-refractivity contribution in [3.63, 3.8) is 0 Å². The Balaban J connectivity index is 2.06. The maximum Gasteiger partial charge on any atom is 0.310 e. The summed E-state index contributed by atoms with van der Waals surface area (Å²) in [6.07, 6.45) is 1.51. The van der Waals surface area contributed by atoms with E-state index >= 15 is 0 Å². The van der Waals surface area contributed by atoms with Gasteiger partial charge >= 0.3 is 5.97 Å². The first-order chi connectivity index (χ1) is 10.3. The lowest BCUT2D eigenvalue weighted by Gasteiger charge is -2.18. The third-order valence-electron chi connectivity index (χ3n) is 3.29. The number of aromatic nitrogens is 3. The molecular weight excluding hydrogens is 284 g/mol. The van der Waals surface area contributed by atoms with Crippen LogP contribution in [-0.2, 0) is 4.79 Å².